The minimum atomic E-state index is -0.203. The molecule has 0 radical (unpaired) electrons. The molecule has 0 bridgehead atoms. The maximum absolute atomic E-state index is 8.65. The molecule has 0 heterocycles. The number of rotatable bonds is 9. The van der Waals surface area contributed by atoms with Gasteiger partial charge >= 0.3 is 0 Å². The van der Waals surface area contributed by atoms with E-state index < -0.39 is 0 Å². The Kier molecular flexibility index (Phi) is 7.96. The molecule has 0 rings (SSSR count). The Labute approximate surface area is 106 Å². The lowest BCUT2D eigenvalue weighted by Crippen LogP contribution is -2.32. The van der Waals surface area contributed by atoms with Gasteiger partial charge in [-0.1, -0.05) is 45.7 Å². The van der Waals surface area contributed by atoms with Gasteiger partial charge in [0.05, 0.1) is 0 Å². The lowest BCUT2D eigenvalue weighted by Gasteiger charge is -2.22. The number of nitrogens with zero attached hydrogens (tertiary/aromatic N) is 1. The van der Waals surface area contributed by atoms with Crippen molar-refractivity contribution in [3.63, 3.8) is 0 Å². The minimum absolute atomic E-state index is 0.203. The molecule has 0 aromatic carbocycles. The fourth-order valence-electron chi connectivity index (χ4n) is 1.57. The smallest absolute Gasteiger partial charge is 0.144 e. The normalized spacial score (nSPS) is 14.9. The molecule has 0 saturated heterocycles. The highest BCUT2D eigenvalue weighted by Crippen LogP contribution is 2.23. The van der Waals surface area contributed by atoms with E-state index in [9.17, 15) is 0 Å². The number of hydrogen-bond donors (Lipinski definition) is 3. The van der Waals surface area contributed by atoms with Crippen LogP contribution in [0.25, 0.3) is 0 Å². The number of unbranched alkanes of at least 4 members (excludes halogenated alkanes) is 1. The van der Waals surface area contributed by atoms with Crippen molar-refractivity contribution in [1.29, 1.82) is 0 Å². The first-order chi connectivity index (χ1) is 7.94. The van der Waals surface area contributed by atoms with Gasteiger partial charge in [0.1, 0.15) is 5.84 Å². The molecule has 4 nitrogen and oxygen atoms in total. The van der Waals surface area contributed by atoms with E-state index in [1.54, 1.807) is 0 Å². The fourth-order valence-corrected chi connectivity index (χ4v) is 1.57. The lowest BCUT2D eigenvalue weighted by molar-refractivity contribution is 0.304. The monoisotopic (exact) mass is 243 g/mol. The maximum atomic E-state index is 8.65. The third-order valence-corrected chi connectivity index (χ3v) is 3.40. The highest BCUT2D eigenvalue weighted by Gasteiger charge is 2.22. The van der Waals surface area contributed by atoms with Crippen molar-refractivity contribution in [3.05, 3.63) is 0 Å². The summed E-state index contributed by atoms with van der Waals surface area (Å²) < 4.78 is 0. The van der Waals surface area contributed by atoms with Gasteiger partial charge in [-0.15, -0.1) is 0 Å². The number of nitrogens with one attached hydrogen (secondary N) is 1. The van der Waals surface area contributed by atoms with Crippen molar-refractivity contribution in [2.75, 3.05) is 13.1 Å². The quantitative estimate of drug-likeness (QED) is 0.192. The van der Waals surface area contributed by atoms with Crippen molar-refractivity contribution < 1.29 is 5.21 Å². The number of oxime groups is 1. The molecule has 0 fully saturated rings. The van der Waals surface area contributed by atoms with Gasteiger partial charge in [-0.05, 0) is 31.8 Å². The summed E-state index contributed by atoms with van der Waals surface area (Å²) in [6, 6.07) is 0. The minimum Gasteiger partial charge on any atom is -0.409 e. The topological polar surface area (TPSA) is 70.6 Å². The van der Waals surface area contributed by atoms with E-state index in [0.717, 1.165) is 38.3 Å². The summed E-state index contributed by atoms with van der Waals surface area (Å²) >= 11 is 0. The molecule has 0 amide bonds. The van der Waals surface area contributed by atoms with Gasteiger partial charge in [0.25, 0.3) is 0 Å². The van der Waals surface area contributed by atoms with Gasteiger partial charge in [-0.3, -0.25) is 0 Å². The molecule has 0 aliphatic carbocycles. The standard InChI is InChI=1S/C13H29N3O/c1-5-11(2)10-15-9-7-6-8-13(3,4)12(14)16-17/h11,15,17H,5-10H2,1-4H3,(H2,14,16). The molecule has 0 aliphatic heterocycles. The molecule has 17 heavy (non-hydrogen) atoms. The Bertz CT molecular complexity index is 227. The number of nitrogens with two attached hydrogens (primary N) is 1. The Morgan fingerprint density at radius 3 is 2.59 bits per heavy atom. The Morgan fingerprint density at radius 1 is 1.41 bits per heavy atom. The molecule has 0 aromatic rings. The molecule has 102 valence electrons. The summed E-state index contributed by atoms with van der Waals surface area (Å²) in [7, 11) is 0. The van der Waals surface area contributed by atoms with E-state index in [4.69, 9.17) is 10.9 Å². The van der Waals surface area contributed by atoms with E-state index in [1.807, 2.05) is 13.8 Å². The molecule has 0 aliphatic rings. The summed E-state index contributed by atoms with van der Waals surface area (Å²) in [4.78, 5) is 0. The second-order valence-corrected chi connectivity index (χ2v) is 5.54. The van der Waals surface area contributed by atoms with Gasteiger partial charge in [0, 0.05) is 5.41 Å². The largest absolute Gasteiger partial charge is 0.409 e. The summed E-state index contributed by atoms with van der Waals surface area (Å²) in [5, 5.41) is 15.2. The van der Waals surface area contributed by atoms with E-state index in [-0.39, 0.29) is 5.41 Å². The van der Waals surface area contributed by atoms with E-state index in [1.165, 1.54) is 6.42 Å². The van der Waals surface area contributed by atoms with Crippen LogP contribution in [0.5, 0.6) is 0 Å². The van der Waals surface area contributed by atoms with Crippen LogP contribution in [0.15, 0.2) is 5.16 Å². The fraction of sp³-hybridized carbons (Fsp3) is 0.923. The summed E-state index contributed by atoms with van der Waals surface area (Å²) in [6.45, 7) is 10.6. The van der Waals surface area contributed by atoms with Crippen LogP contribution in [0.4, 0.5) is 0 Å². The van der Waals surface area contributed by atoms with Crippen LogP contribution >= 0.6 is 0 Å². The van der Waals surface area contributed by atoms with Gasteiger partial charge < -0.3 is 16.3 Å². The van der Waals surface area contributed by atoms with Crippen LogP contribution in [-0.4, -0.2) is 24.1 Å². The predicted octanol–water partition coefficient (Wildman–Crippen LogP) is 2.56. The van der Waals surface area contributed by atoms with Gasteiger partial charge in [-0.25, -0.2) is 0 Å². The Morgan fingerprint density at radius 2 is 2.06 bits per heavy atom. The molecule has 0 saturated carbocycles. The third-order valence-electron chi connectivity index (χ3n) is 3.40. The molecule has 0 aromatic heterocycles. The van der Waals surface area contributed by atoms with Gasteiger partial charge in [-0.2, -0.15) is 0 Å². The van der Waals surface area contributed by atoms with Crippen LogP contribution < -0.4 is 11.1 Å². The second kappa shape index (κ2) is 8.34. The first kappa shape index (κ1) is 16.2. The molecule has 1 atom stereocenters. The van der Waals surface area contributed by atoms with Crippen LogP contribution in [0.3, 0.4) is 0 Å². The zero-order chi connectivity index (χ0) is 13.3. The van der Waals surface area contributed by atoms with E-state index in [2.05, 4.69) is 24.3 Å². The Balaban J connectivity index is 3.58. The van der Waals surface area contributed by atoms with E-state index in [0.29, 0.717) is 5.84 Å². The SMILES string of the molecule is CCC(C)CNCCCCC(C)(C)C(N)=NO. The molecule has 1 unspecified atom stereocenters. The average molecular weight is 243 g/mol. The maximum Gasteiger partial charge on any atom is 0.144 e. The molecule has 4 N–H and O–H groups in total. The van der Waals surface area contributed by atoms with Crippen molar-refractivity contribution in [2.45, 2.75) is 53.4 Å². The van der Waals surface area contributed by atoms with Crippen molar-refractivity contribution in [1.82, 2.24) is 5.32 Å². The van der Waals surface area contributed by atoms with Crippen molar-refractivity contribution in [3.8, 4) is 0 Å². The van der Waals surface area contributed by atoms with Crippen LogP contribution in [-0.2, 0) is 0 Å². The first-order valence-corrected chi connectivity index (χ1v) is 6.62. The lowest BCUT2D eigenvalue weighted by atomic mass is 9.86. The number of hydrogen-bond acceptors (Lipinski definition) is 3. The van der Waals surface area contributed by atoms with Gasteiger partial charge in [0.15, 0.2) is 0 Å². The van der Waals surface area contributed by atoms with Gasteiger partial charge in [0.2, 0.25) is 0 Å². The highest BCUT2D eigenvalue weighted by atomic mass is 16.4. The van der Waals surface area contributed by atoms with Crippen LogP contribution in [0, 0.1) is 11.3 Å². The van der Waals surface area contributed by atoms with E-state index >= 15 is 0 Å². The second-order valence-electron chi connectivity index (χ2n) is 5.54. The predicted molar refractivity (Wildman–Crippen MR) is 73.4 cm³/mol. The molecular weight excluding hydrogens is 214 g/mol. The van der Waals surface area contributed by atoms with Crippen LogP contribution in [0.1, 0.15) is 53.4 Å². The van der Waals surface area contributed by atoms with Crippen molar-refractivity contribution >= 4 is 5.84 Å². The first-order valence-electron chi connectivity index (χ1n) is 6.62. The molecule has 4 heteroatoms. The number of amidine groups is 1. The summed E-state index contributed by atoms with van der Waals surface area (Å²) in [5.74, 6) is 1.08. The zero-order valence-electron chi connectivity index (χ0n) is 11.8. The summed E-state index contributed by atoms with van der Waals surface area (Å²) in [6.07, 6.45) is 4.41. The van der Waals surface area contributed by atoms with Crippen molar-refractivity contribution in [2.24, 2.45) is 22.2 Å². The highest BCUT2D eigenvalue weighted by molar-refractivity contribution is 5.85. The third kappa shape index (κ3) is 7.21. The average Bonchev–Trinajstić information content (AvgIpc) is 2.31. The molecule has 0 spiro atoms. The van der Waals surface area contributed by atoms with Crippen LogP contribution in [0.2, 0.25) is 0 Å². The zero-order valence-corrected chi connectivity index (χ0v) is 11.8. The summed E-state index contributed by atoms with van der Waals surface area (Å²) in [5.41, 5.74) is 5.43. The molecular formula is C13H29N3O. The Hall–Kier alpha value is -0.770.